The van der Waals surface area contributed by atoms with Gasteiger partial charge in [-0.1, -0.05) is 48.5 Å². The topological polar surface area (TPSA) is 79.2 Å². The lowest BCUT2D eigenvalue weighted by Gasteiger charge is -2.34. The number of anilines is 1. The van der Waals surface area contributed by atoms with E-state index in [1.807, 2.05) is 63.1 Å². The van der Waals surface area contributed by atoms with Gasteiger partial charge in [-0.2, -0.15) is 0 Å². The molecule has 1 N–H and O–H groups in total. The van der Waals surface area contributed by atoms with E-state index in [4.69, 9.17) is 9.73 Å². The molecule has 2 amide bonds. The van der Waals surface area contributed by atoms with Gasteiger partial charge in [-0.05, 0) is 76.1 Å². The normalized spacial score (nSPS) is 18.7. The molecule has 0 radical (unpaired) electrons. The Bertz CT molecular complexity index is 1560. The summed E-state index contributed by atoms with van der Waals surface area (Å²) in [6.07, 6.45) is 5.37. The number of para-hydroxylation sites is 1. The van der Waals surface area contributed by atoms with Gasteiger partial charge in [0, 0.05) is 50.2 Å². The number of piperidine rings is 1. The number of hydrogen-bond acceptors (Lipinski definition) is 5. The monoisotopic (exact) mass is 579 g/mol. The van der Waals surface area contributed by atoms with E-state index in [1.54, 1.807) is 6.20 Å². The number of rotatable bonds is 6. The smallest absolute Gasteiger partial charge is 0.407 e. The van der Waals surface area contributed by atoms with E-state index in [0.29, 0.717) is 24.6 Å². The van der Waals surface area contributed by atoms with Crippen LogP contribution in [-0.4, -0.2) is 59.1 Å². The molecule has 1 saturated heterocycles. The maximum absolute atomic E-state index is 14.1. The van der Waals surface area contributed by atoms with Crippen LogP contribution in [0.3, 0.4) is 0 Å². The third kappa shape index (κ3) is 6.38. The van der Waals surface area contributed by atoms with Gasteiger partial charge < -0.3 is 24.4 Å². The third-order valence-corrected chi connectivity index (χ3v) is 8.27. The largest absolute Gasteiger partial charge is 0.444 e. The molecule has 1 aromatic heterocycles. The molecule has 0 bridgehead atoms. The zero-order chi connectivity index (χ0) is 30.1. The lowest BCUT2D eigenvalue weighted by Crippen LogP contribution is -2.50. The number of amides is 2. The van der Waals surface area contributed by atoms with Gasteiger partial charge in [-0.15, -0.1) is 0 Å². The van der Waals surface area contributed by atoms with Crippen LogP contribution in [0.2, 0.25) is 0 Å². The van der Waals surface area contributed by atoms with Crippen molar-refractivity contribution in [3.8, 4) is 11.3 Å². The van der Waals surface area contributed by atoms with Gasteiger partial charge in [0.25, 0.3) is 5.91 Å². The first kappa shape index (κ1) is 28.8. The highest BCUT2D eigenvalue weighted by molar-refractivity contribution is 6.24. The molecule has 0 unspecified atom stereocenters. The average Bonchev–Trinajstić information content (AvgIpc) is 3.74. The molecule has 1 atom stereocenters. The van der Waals surface area contributed by atoms with Crippen molar-refractivity contribution in [1.82, 2.24) is 14.8 Å². The fourth-order valence-corrected chi connectivity index (χ4v) is 6.00. The number of nitrogens with one attached hydrogen (secondary N) is 1. The summed E-state index contributed by atoms with van der Waals surface area (Å²) >= 11 is 0. The fraction of sp³-hybridized carbons (Fsp3) is 0.400. The molecule has 224 valence electrons. The first-order chi connectivity index (χ1) is 20.7. The lowest BCUT2D eigenvalue weighted by molar-refractivity contribution is -0.126. The molecule has 2 aliphatic heterocycles. The maximum atomic E-state index is 14.1. The van der Waals surface area contributed by atoms with Gasteiger partial charge in [0.1, 0.15) is 5.60 Å². The Kier molecular flexibility index (Phi) is 7.86. The number of benzene rings is 2. The summed E-state index contributed by atoms with van der Waals surface area (Å²) in [6.45, 7) is 7.52. The molecule has 8 heteroatoms. The summed E-state index contributed by atoms with van der Waals surface area (Å²) in [6, 6.07) is 22.7. The van der Waals surface area contributed by atoms with Crippen LogP contribution in [0.25, 0.3) is 16.8 Å². The quantitative estimate of drug-likeness (QED) is 0.371. The maximum Gasteiger partial charge on any atom is 0.407 e. The van der Waals surface area contributed by atoms with Crippen molar-refractivity contribution in [1.29, 1.82) is 0 Å². The van der Waals surface area contributed by atoms with Crippen molar-refractivity contribution >= 4 is 29.1 Å². The number of carbonyl (C=O) groups excluding carboxylic acids is 2. The predicted octanol–water partition coefficient (Wildman–Crippen LogP) is 6.32. The van der Waals surface area contributed by atoms with Crippen LogP contribution in [0.5, 0.6) is 0 Å². The standard InChI is InChI=1S/C35H41N5O3/c1-35(2,3)43-34(42)37-26-13-10-20-39(23-26)33(41)28-21-36-32(38(4)30-15-9-8-14-27(28)30)31-19-18-29(25-11-6-5-7-12-25)40(31)22-24-16-17-24/h5-9,11-12,14-15,18-19,21,24,26H,10,13,16-17,20,22-23H2,1-4H3,(H,37,42)/t26-/m1/s1. The van der Waals surface area contributed by atoms with Crippen molar-refractivity contribution < 1.29 is 14.3 Å². The SMILES string of the molecule is CN1C(c2ccc(-c3ccccc3)n2CC2CC2)=NC=C(C(=O)N2CCC[C@@H](NC(=O)OC(C)(C)C)C2)c2ccccc21. The van der Waals surface area contributed by atoms with Crippen LogP contribution in [0, 0.1) is 5.92 Å². The van der Waals surface area contributed by atoms with Crippen LogP contribution >= 0.6 is 0 Å². The molecule has 43 heavy (non-hydrogen) atoms. The Labute approximate surface area is 254 Å². The number of ether oxygens (including phenoxy) is 1. The Balaban J connectivity index is 1.32. The summed E-state index contributed by atoms with van der Waals surface area (Å²) in [4.78, 5) is 35.5. The van der Waals surface area contributed by atoms with Crippen molar-refractivity contribution in [2.75, 3.05) is 25.0 Å². The average molecular weight is 580 g/mol. The Morgan fingerprint density at radius 2 is 1.67 bits per heavy atom. The molecule has 6 rings (SSSR count). The van der Waals surface area contributed by atoms with Crippen LogP contribution in [-0.2, 0) is 16.1 Å². The molecule has 0 spiro atoms. The Morgan fingerprint density at radius 1 is 0.953 bits per heavy atom. The minimum Gasteiger partial charge on any atom is -0.444 e. The fourth-order valence-electron chi connectivity index (χ4n) is 6.00. The Morgan fingerprint density at radius 3 is 2.42 bits per heavy atom. The number of amidine groups is 1. The van der Waals surface area contributed by atoms with E-state index in [9.17, 15) is 9.59 Å². The molecular weight excluding hydrogens is 538 g/mol. The number of aliphatic imine (C=N–C) groups is 1. The molecule has 2 fully saturated rings. The summed E-state index contributed by atoms with van der Waals surface area (Å²) in [5, 5.41) is 2.96. The molecule has 8 nitrogen and oxygen atoms in total. The second-order valence-electron chi connectivity index (χ2n) is 12.8. The number of hydrogen-bond donors (Lipinski definition) is 1. The molecule has 3 aromatic rings. The zero-order valence-corrected chi connectivity index (χ0v) is 25.5. The molecule has 3 heterocycles. The van der Waals surface area contributed by atoms with E-state index in [0.717, 1.165) is 42.2 Å². The van der Waals surface area contributed by atoms with Crippen molar-refractivity contribution in [3.63, 3.8) is 0 Å². The lowest BCUT2D eigenvalue weighted by atomic mass is 10.00. The predicted molar refractivity (Wildman–Crippen MR) is 171 cm³/mol. The minimum absolute atomic E-state index is 0.0834. The first-order valence-corrected chi connectivity index (χ1v) is 15.3. The number of aromatic nitrogens is 1. The third-order valence-electron chi connectivity index (χ3n) is 8.27. The van der Waals surface area contributed by atoms with E-state index in [1.165, 1.54) is 24.1 Å². The van der Waals surface area contributed by atoms with E-state index in [-0.39, 0.29) is 11.9 Å². The van der Waals surface area contributed by atoms with Crippen molar-refractivity contribution in [2.24, 2.45) is 10.9 Å². The summed E-state index contributed by atoms with van der Waals surface area (Å²) < 4.78 is 7.85. The highest BCUT2D eigenvalue weighted by atomic mass is 16.6. The van der Waals surface area contributed by atoms with Crippen molar-refractivity contribution in [3.05, 3.63) is 84.2 Å². The minimum atomic E-state index is -0.578. The van der Waals surface area contributed by atoms with Gasteiger partial charge in [-0.25, -0.2) is 9.79 Å². The van der Waals surface area contributed by atoms with Gasteiger partial charge >= 0.3 is 6.09 Å². The number of fused-ring (bicyclic) bond motifs is 1. The van der Waals surface area contributed by atoms with Crippen LogP contribution in [0.4, 0.5) is 10.5 Å². The van der Waals surface area contributed by atoms with Gasteiger partial charge in [0.2, 0.25) is 0 Å². The molecular formula is C35H41N5O3. The zero-order valence-electron chi connectivity index (χ0n) is 25.5. The summed E-state index contributed by atoms with van der Waals surface area (Å²) in [7, 11) is 2.03. The molecule has 2 aromatic carbocycles. The Hall–Kier alpha value is -4.33. The number of carbonyl (C=O) groups is 2. The number of alkyl carbamates (subject to hydrolysis) is 1. The summed E-state index contributed by atoms with van der Waals surface area (Å²) in [5.41, 5.74) is 5.14. The van der Waals surface area contributed by atoms with Crippen molar-refractivity contribution in [2.45, 2.75) is 64.6 Å². The van der Waals surface area contributed by atoms with Gasteiger partial charge in [-0.3, -0.25) is 4.79 Å². The van der Waals surface area contributed by atoms with Crippen LogP contribution < -0.4 is 10.2 Å². The molecule has 1 aliphatic carbocycles. The van der Waals surface area contributed by atoms with Gasteiger partial charge in [0.15, 0.2) is 5.84 Å². The highest BCUT2D eigenvalue weighted by Crippen LogP contribution is 2.36. The van der Waals surface area contributed by atoms with E-state index >= 15 is 0 Å². The highest BCUT2D eigenvalue weighted by Gasteiger charge is 2.32. The number of nitrogens with zero attached hydrogens (tertiary/aromatic N) is 4. The van der Waals surface area contributed by atoms with Crippen LogP contribution in [0.1, 0.15) is 57.7 Å². The number of likely N-dealkylation sites (tertiary alicyclic amines) is 1. The van der Waals surface area contributed by atoms with Crippen LogP contribution in [0.15, 0.2) is 77.9 Å². The first-order valence-electron chi connectivity index (χ1n) is 15.3. The molecule has 1 saturated carbocycles. The van der Waals surface area contributed by atoms with E-state index in [2.05, 4.69) is 51.2 Å². The summed E-state index contributed by atoms with van der Waals surface area (Å²) in [5.74, 6) is 1.40. The van der Waals surface area contributed by atoms with Gasteiger partial charge in [0.05, 0.1) is 17.0 Å². The second-order valence-corrected chi connectivity index (χ2v) is 12.8. The molecule has 3 aliphatic rings. The van der Waals surface area contributed by atoms with E-state index < -0.39 is 11.7 Å². The second kappa shape index (κ2) is 11.7.